The van der Waals surface area contributed by atoms with Crippen molar-refractivity contribution in [3.8, 4) is 28.5 Å². The Labute approximate surface area is 183 Å². The summed E-state index contributed by atoms with van der Waals surface area (Å²) in [5.74, 6) is 1.09. The van der Waals surface area contributed by atoms with Gasteiger partial charge in [-0.25, -0.2) is 0 Å². The zero-order chi connectivity index (χ0) is 21.9. The number of benzene rings is 2. The third-order valence-corrected chi connectivity index (χ3v) is 4.95. The number of nitrogens with zero attached hydrogens (tertiary/aromatic N) is 5. The number of nitrogens with one attached hydrogen (secondary N) is 1. The van der Waals surface area contributed by atoms with Crippen LogP contribution < -0.4 is 10.1 Å². The van der Waals surface area contributed by atoms with Crippen molar-refractivity contribution >= 4 is 17.2 Å². The molecule has 0 spiro atoms. The monoisotopic (exact) mass is 422 g/mol. The Kier molecular flexibility index (Phi) is 5.01. The van der Waals surface area contributed by atoms with Gasteiger partial charge >= 0.3 is 0 Å². The fourth-order valence-corrected chi connectivity index (χ4v) is 3.27. The lowest BCUT2D eigenvalue weighted by atomic mass is 10.1. The highest BCUT2D eigenvalue weighted by molar-refractivity contribution is 6.04. The molecule has 1 N–H and O–H groups in total. The number of carbonyl (C=O) groups excluding carboxylic acids is 1. The normalized spacial score (nSPS) is 10.8. The molecule has 0 aliphatic rings. The second-order valence-corrected chi connectivity index (χ2v) is 6.99. The third kappa shape index (κ3) is 3.77. The summed E-state index contributed by atoms with van der Waals surface area (Å²) in [5, 5.41) is 16.0. The van der Waals surface area contributed by atoms with Crippen molar-refractivity contribution in [3.63, 3.8) is 0 Å². The summed E-state index contributed by atoms with van der Waals surface area (Å²) < 4.78 is 6.80. The number of aromatic nitrogens is 5. The van der Waals surface area contributed by atoms with Gasteiger partial charge in [-0.05, 0) is 60.7 Å². The van der Waals surface area contributed by atoms with E-state index < -0.39 is 0 Å². The first-order valence-corrected chi connectivity index (χ1v) is 9.91. The lowest BCUT2D eigenvalue weighted by molar-refractivity contribution is 0.102. The molecule has 0 fully saturated rings. The van der Waals surface area contributed by atoms with Crippen LogP contribution in [0, 0.1) is 0 Å². The number of anilines is 1. The number of pyridine rings is 1. The molecule has 0 saturated carbocycles. The van der Waals surface area contributed by atoms with Gasteiger partial charge < -0.3 is 10.1 Å². The van der Waals surface area contributed by atoms with E-state index >= 15 is 0 Å². The van der Waals surface area contributed by atoms with Crippen LogP contribution in [-0.4, -0.2) is 37.8 Å². The number of hydrogen-bond donors (Lipinski definition) is 1. The Morgan fingerprint density at radius 3 is 2.41 bits per heavy atom. The molecular weight excluding hydrogens is 404 g/mol. The van der Waals surface area contributed by atoms with E-state index in [0.29, 0.717) is 34.2 Å². The zero-order valence-corrected chi connectivity index (χ0v) is 17.1. The highest BCUT2D eigenvalue weighted by Gasteiger charge is 2.12. The van der Waals surface area contributed by atoms with Gasteiger partial charge in [-0.15, -0.1) is 10.2 Å². The molecule has 156 valence electrons. The van der Waals surface area contributed by atoms with Gasteiger partial charge in [0.1, 0.15) is 11.4 Å². The molecule has 0 unspecified atom stereocenters. The van der Waals surface area contributed by atoms with Crippen LogP contribution in [0.4, 0.5) is 5.69 Å². The maximum atomic E-state index is 12.5. The molecule has 5 aromatic rings. The number of methoxy groups -OCH3 is 1. The van der Waals surface area contributed by atoms with Gasteiger partial charge in [0, 0.05) is 23.0 Å². The smallest absolute Gasteiger partial charge is 0.255 e. The van der Waals surface area contributed by atoms with Crippen molar-refractivity contribution in [1.82, 2.24) is 24.8 Å². The Bertz CT molecular complexity index is 1380. The lowest BCUT2D eigenvalue weighted by Crippen LogP contribution is -2.11. The molecule has 0 saturated heterocycles. The van der Waals surface area contributed by atoms with Crippen LogP contribution in [0.25, 0.3) is 28.4 Å². The second-order valence-electron chi connectivity index (χ2n) is 6.99. The Hall–Kier alpha value is -4.59. The standard InChI is InChI=1S/C24H18N6O2/c1-32-19-11-7-17(8-12-19)24(31)26-18-9-5-16(6-10-18)20-13-14-22-27-28-23(30(22)29-20)21-4-2-3-15-25-21/h2-15H,1H3,(H,26,31). The number of fused-ring (bicyclic) bond motifs is 1. The van der Waals surface area contributed by atoms with Gasteiger partial charge in [0.25, 0.3) is 5.91 Å². The quantitative estimate of drug-likeness (QED) is 0.458. The molecule has 32 heavy (non-hydrogen) atoms. The number of rotatable bonds is 5. The molecule has 5 rings (SSSR count). The molecule has 8 heteroatoms. The van der Waals surface area contributed by atoms with Crippen LogP contribution in [0.5, 0.6) is 5.75 Å². The summed E-state index contributed by atoms with van der Waals surface area (Å²) in [6, 6.07) is 23.8. The first-order valence-electron chi connectivity index (χ1n) is 9.91. The van der Waals surface area contributed by atoms with E-state index in [1.54, 1.807) is 42.1 Å². The van der Waals surface area contributed by atoms with E-state index in [2.05, 4.69) is 25.6 Å². The molecule has 3 heterocycles. The summed E-state index contributed by atoms with van der Waals surface area (Å²) in [7, 11) is 1.59. The van der Waals surface area contributed by atoms with E-state index in [0.717, 1.165) is 11.3 Å². The van der Waals surface area contributed by atoms with E-state index in [1.165, 1.54) is 0 Å². The predicted molar refractivity (Wildman–Crippen MR) is 120 cm³/mol. The first-order chi connectivity index (χ1) is 15.7. The van der Waals surface area contributed by atoms with Crippen molar-refractivity contribution in [1.29, 1.82) is 0 Å². The molecule has 1 amide bonds. The maximum absolute atomic E-state index is 12.5. The summed E-state index contributed by atoms with van der Waals surface area (Å²) in [4.78, 5) is 16.8. The lowest BCUT2D eigenvalue weighted by Gasteiger charge is -2.08. The van der Waals surface area contributed by atoms with Gasteiger partial charge in [-0.1, -0.05) is 18.2 Å². The van der Waals surface area contributed by atoms with Crippen LogP contribution in [0.15, 0.2) is 85.1 Å². The minimum atomic E-state index is -0.190. The minimum absolute atomic E-state index is 0.190. The minimum Gasteiger partial charge on any atom is -0.497 e. The van der Waals surface area contributed by atoms with Gasteiger partial charge in [-0.2, -0.15) is 9.61 Å². The Morgan fingerprint density at radius 1 is 0.875 bits per heavy atom. The summed E-state index contributed by atoms with van der Waals surface area (Å²) in [6.45, 7) is 0. The summed E-state index contributed by atoms with van der Waals surface area (Å²) in [6.07, 6.45) is 1.71. The van der Waals surface area contributed by atoms with Crippen molar-refractivity contribution in [2.75, 3.05) is 12.4 Å². The topological polar surface area (TPSA) is 94.3 Å². The van der Waals surface area contributed by atoms with E-state index in [9.17, 15) is 4.79 Å². The first kappa shape index (κ1) is 19.4. The summed E-state index contributed by atoms with van der Waals surface area (Å²) >= 11 is 0. The third-order valence-electron chi connectivity index (χ3n) is 4.95. The highest BCUT2D eigenvalue weighted by Crippen LogP contribution is 2.22. The molecule has 0 aliphatic heterocycles. The Morgan fingerprint density at radius 2 is 1.69 bits per heavy atom. The van der Waals surface area contributed by atoms with E-state index in [1.807, 2.05) is 54.6 Å². The molecule has 3 aromatic heterocycles. The average molecular weight is 422 g/mol. The molecule has 0 aliphatic carbocycles. The number of amides is 1. The molecule has 0 bridgehead atoms. The van der Waals surface area contributed by atoms with Gasteiger partial charge in [0.05, 0.1) is 12.8 Å². The molecular formula is C24H18N6O2. The zero-order valence-electron chi connectivity index (χ0n) is 17.1. The van der Waals surface area contributed by atoms with Crippen LogP contribution in [0.3, 0.4) is 0 Å². The fraction of sp³-hybridized carbons (Fsp3) is 0.0417. The van der Waals surface area contributed by atoms with Crippen molar-refractivity contribution < 1.29 is 9.53 Å². The summed E-state index contributed by atoms with van der Waals surface area (Å²) in [5.41, 5.74) is 4.22. The Balaban J connectivity index is 1.38. The largest absolute Gasteiger partial charge is 0.497 e. The fourth-order valence-electron chi connectivity index (χ4n) is 3.27. The van der Waals surface area contributed by atoms with Crippen molar-refractivity contribution in [2.45, 2.75) is 0 Å². The van der Waals surface area contributed by atoms with E-state index in [4.69, 9.17) is 4.74 Å². The van der Waals surface area contributed by atoms with Crippen LogP contribution >= 0.6 is 0 Å². The number of ether oxygens (including phenoxy) is 1. The average Bonchev–Trinajstić information content (AvgIpc) is 3.28. The maximum Gasteiger partial charge on any atom is 0.255 e. The SMILES string of the molecule is COc1ccc(C(=O)Nc2ccc(-c3ccc4nnc(-c5ccccn5)n4n3)cc2)cc1. The van der Waals surface area contributed by atoms with Crippen LogP contribution in [-0.2, 0) is 0 Å². The molecule has 0 atom stereocenters. The van der Waals surface area contributed by atoms with Gasteiger partial charge in [0.2, 0.25) is 5.82 Å². The van der Waals surface area contributed by atoms with Crippen LogP contribution in [0.1, 0.15) is 10.4 Å². The number of carbonyl (C=O) groups is 1. The van der Waals surface area contributed by atoms with E-state index in [-0.39, 0.29) is 5.91 Å². The molecule has 2 aromatic carbocycles. The van der Waals surface area contributed by atoms with Crippen LogP contribution in [0.2, 0.25) is 0 Å². The predicted octanol–water partition coefficient (Wildman–Crippen LogP) is 4.11. The van der Waals surface area contributed by atoms with Gasteiger partial charge in [0.15, 0.2) is 5.65 Å². The van der Waals surface area contributed by atoms with Crippen molar-refractivity contribution in [3.05, 3.63) is 90.6 Å². The molecule has 8 nitrogen and oxygen atoms in total. The van der Waals surface area contributed by atoms with Gasteiger partial charge in [-0.3, -0.25) is 9.78 Å². The highest BCUT2D eigenvalue weighted by atomic mass is 16.5. The second kappa shape index (κ2) is 8.27. The molecule has 0 radical (unpaired) electrons. The number of hydrogen-bond acceptors (Lipinski definition) is 6. The van der Waals surface area contributed by atoms with Crippen molar-refractivity contribution in [2.24, 2.45) is 0 Å².